The molecule has 3 aromatic rings. The third-order valence-corrected chi connectivity index (χ3v) is 6.14. The highest BCUT2D eigenvalue weighted by molar-refractivity contribution is 7.18. The van der Waals surface area contributed by atoms with E-state index in [0.717, 1.165) is 22.5 Å². The maximum absolute atomic E-state index is 13.0. The molecule has 31 heavy (non-hydrogen) atoms. The summed E-state index contributed by atoms with van der Waals surface area (Å²) < 4.78 is 9.64. The molecule has 160 valence electrons. The van der Waals surface area contributed by atoms with Gasteiger partial charge in [-0.25, -0.2) is 9.59 Å². The summed E-state index contributed by atoms with van der Waals surface area (Å²) in [6.45, 7) is 1.63. The molecule has 3 rings (SSSR count). The lowest BCUT2D eigenvalue weighted by Crippen LogP contribution is -2.17. The molecule has 0 saturated carbocycles. The summed E-state index contributed by atoms with van der Waals surface area (Å²) in [5.41, 5.74) is 2.60. The van der Waals surface area contributed by atoms with E-state index >= 15 is 0 Å². The molecule has 0 saturated heterocycles. The van der Waals surface area contributed by atoms with Crippen molar-refractivity contribution in [3.8, 4) is 0 Å². The van der Waals surface area contributed by atoms with Crippen molar-refractivity contribution < 1.29 is 23.9 Å². The van der Waals surface area contributed by atoms with Crippen molar-refractivity contribution in [1.82, 2.24) is 0 Å². The number of carbonyl (C=O) groups excluding carboxylic acids is 3. The zero-order valence-electron chi connectivity index (χ0n) is 17.5. The second-order valence-electron chi connectivity index (χ2n) is 6.87. The van der Waals surface area contributed by atoms with Crippen molar-refractivity contribution in [2.45, 2.75) is 19.3 Å². The topological polar surface area (TPSA) is 81.7 Å². The summed E-state index contributed by atoms with van der Waals surface area (Å²) in [6.07, 6.45) is 0.166. The third kappa shape index (κ3) is 5.00. The van der Waals surface area contributed by atoms with Crippen molar-refractivity contribution in [3.05, 3.63) is 87.8 Å². The van der Waals surface area contributed by atoms with Gasteiger partial charge >= 0.3 is 11.9 Å². The molecule has 0 aliphatic heterocycles. The SMILES string of the molecule is COC(=O)c1sc(NC(=O)CC(c2ccccc2)c2ccccc2)c(C(=O)OC)c1C. The number of hydrogen-bond donors (Lipinski definition) is 1. The summed E-state index contributed by atoms with van der Waals surface area (Å²) in [5, 5.41) is 3.08. The van der Waals surface area contributed by atoms with Crippen molar-refractivity contribution in [3.63, 3.8) is 0 Å². The Bertz CT molecular complexity index is 1040. The molecule has 0 unspecified atom stereocenters. The first-order valence-electron chi connectivity index (χ1n) is 9.66. The van der Waals surface area contributed by atoms with Gasteiger partial charge < -0.3 is 14.8 Å². The molecule has 1 amide bonds. The van der Waals surface area contributed by atoms with E-state index in [2.05, 4.69) is 5.32 Å². The smallest absolute Gasteiger partial charge is 0.348 e. The molecule has 0 aliphatic rings. The maximum atomic E-state index is 13.0. The molecule has 1 heterocycles. The van der Waals surface area contributed by atoms with Gasteiger partial charge in [-0.05, 0) is 23.6 Å². The minimum atomic E-state index is -0.623. The van der Waals surface area contributed by atoms with Crippen LogP contribution < -0.4 is 5.32 Å². The molecule has 0 spiro atoms. The average Bonchev–Trinajstić information content (AvgIpc) is 3.13. The third-order valence-electron chi connectivity index (χ3n) is 4.95. The molecular weight excluding hydrogens is 414 g/mol. The van der Waals surface area contributed by atoms with Gasteiger partial charge in [0, 0.05) is 12.3 Å². The first-order chi connectivity index (χ1) is 15.0. The van der Waals surface area contributed by atoms with Gasteiger partial charge in [0.05, 0.1) is 19.8 Å². The Balaban J connectivity index is 1.91. The fraction of sp³-hybridized carbons (Fsp3) is 0.208. The number of hydrogen-bond acceptors (Lipinski definition) is 6. The predicted octanol–water partition coefficient (Wildman–Crippen LogP) is 4.79. The van der Waals surface area contributed by atoms with Crippen LogP contribution in [0.4, 0.5) is 5.00 Å². The summed E-state index contributed by atoms with van der Waals surface area (Å²) in [7, 11) is 2.52. The minimum Gasteiger partial charge on any atom is -0.465 e. The van der Waals surface area contributed by atoms with Crippen LogP contribution in [0.1, 0.15) is 49.1 Å². The van der Waals surface area contributed by atoms with Crippen molar-refractivity contribution >= 4 is 34.2 Å². The van der Waals surface area contributed by atoms with Crippen molar-refractivity contribution in [1.29, 1.82) is 0 Å². The zero-order valence-corrected chi connectivity index (χ0v) is 18.3. The Morgan fingerprint density at radius 2 is 1.39 bits per heavy atom. The number of ether oxygens (including phenoxy) is 2. The molecule has 1 N–H and O–H groups in total. The summed E-state index contributed by atoms with van der Waals surface area (Å²) in [4.78, 5) is 37.6. The molecular formula is C24H23NO5S. The standard InChI is InChI=1S/C24H23NO5S/c1-15-20(23(27)29-2)22(31-21(15)24(28)30-3)25-19(26)14-18(16-10-6-4-7-11-16)17-12-8-5-9-13-17/h4-13,18H,14H2,1-3H3,(H,25,26). The second-order valence-corrected chi connectivity index (χ2v) is 7.89. The van der Waals surface area contributed by atoms with E-state index in [1.54, 1.807) is 6.92 Å². The van der Waals surface area contributed by atoms with Crippen LogP contribution in [0.15, 0.2) is 60.7 Å². The van der Waals surface area contributed by atoms with Gasteiger partial charge in [0.15, 0.2) is 0 Å². The Hall–Kier alpha value is -3.45. The van der Waals surface area contributed by atoms with Gasteiger partial charge in [0.2, 0.25) is 5.91 Å². The Kier molecular flexibility index (Phi) is 7.20. The molecule has 1 aromatic heterocycles. The normalized spacial score (nSPS) is 10.6. The van der Waals surface area contributed by atoms with Crippen LogP contribution in [-0.4, -0.2) is 32.1 Å². The zero-order chi connectivity index (χ0) is 22.4. The highest BCUT2D eigenvalue weighted by atomic mass is 32.1. The molecule has 7 heteroatoms. The van der Waals surface area contributed by atoms with Crippen LogP contribution in [0.5, 0.6) is 0 Å². The van der Waals surface area contributed by atoms with Crippen LogP contribution >= 0.6 is 11.3 Å². The Labute approximate surface area is 184 Å². The van der Waals surface area contributed by atoms with E-state index in [1.165, 1.54) is 14.2 Å². The minimum absolute atomic E-state index is 0.162. The van der Waals surface area contributed by atoms with Crippen LogP contribution in [-0.2, 0) is 14.3 Å². The van der Waals surface area contributed by atoms with E-state index in [1.807, 2.05) is 60.7 Å². The number of carbonyl (C=O) groups is 3. The quantitative estimate of drug-likeness (QED) is 0.538. The van der Waals surface area contributed by atoms with E-state index in [0.29, 0.717) is 5.56 Å². The average molecular weight is 438 g/mol. The van der Waals surface area contributed by atoms with Gasteiger partial charge in [-0.3, -0.25) is 4.79 Å². The van der Waals surface area contributed by atoms with Crippen LogP contribution in [0.3, 0.4) is 0 Å². The van der Waals surface area contributed by atoms with Crippen molar-refractivity contribution in [2.75, 3.05) is 19.5 Å². The molecule has 0 radical (unpaired) electrons. The van der Waals surface area contributed by atoms with Gasteiger partial charge in [0.25, 0.3) is 0 Å². The number of methoxy groups -OCH3 is 2. The number of esters is 2. The van der Waals surface area contributed by atoms with Gasteiger partial charge in [0.1, 0.15) is 9.88 Å². The summed E-state index contributed by atoms with van der Waals surface area (Å²) in [5.74, 6) is -1.63. The number of thiophene rings is 1. The maximum Gasteiger partial charge on any atom is 0.348 e. The molecule has 0 atom stereocenters. The lowest BCUT2D eigenvalue weighted by molar-refractivity contribution is -0.116. The fourth-order valence-corrected chi connectivity index (χ4v) is 4.53. The Morgan fingerprint density at radius 1 is 0.871 bits per heavy atom. The number of anilines is 1. The first kappa shape index (κ1) is 22.2. The van der Waals surface area contributed by atoms with E-state index < -0.39 is 11.9 Å². The van der Waals surface area contributed by atoms with Gasteiger partial charge in [-0.2, -0.15) is 0 Å². The number of rotatable bonds is 7. The van der Waals surface area contributed by atoms with E-state index in [9.17, 15) is 14.4 Å². The van der Waals surface area contributed by atoms with E-state index in [-0.39, 0.29) is 33.7 Å². The highest BCUT2D eigenvalue weighted by Crippen LogP contribution is 2.35. The highest BCUT2D eigenvalue weighted by Gasteiger charge is 2.27. The van der Waals surface area contributed by atoms with Crippen LogP contribution in [0.25, 0.3) is 0 Å². The largest absolute Gasteiger partial charge is 0.465 e. The number of benzene rings is 2. The van der Waals surface area contributed by atoms with Crippen LogP contribution in [0.2, 0.25) is 0 Å². The molecule has 2 aromatic carbocycles. The molecule has 0 fully saturated rings. The Morgan fingerprint density at radius 3 is 1.87 bits per heavy atom. The lowest BCUT2D eigenvalue weighted by atomic mass is 9.88. The van der Waals surface area contributed by atoms with Gasteiger partial charge in [-0.15, -0.1) is 11.3 Å². The molecule has 0 aliphatic carbocycles. The fourth-order valence-electron chi connectivity index (χ4n) is 3.40. The van der Waals surface area contributed by atoms with Crippen molar-refractivity contribution in [2.24, 2.45) is 0 Å². The summed E-state index contributed by atoms with van der Waals surface area (Å²) >= 11 is 1.00. The summed E-state index contributed by atoms with van der Waals surface area (Å²) in [6, 6.07) is 19.5. The monoisotopic (exact) mass is 437 g/mol. The molecule has 0 bridgehead atoms. The number of amides is 1. The lowest BCUT2D eigenvalue weighted by Gasteiger charge is -2.18. The predicted molar refractivity (Wildman–Crippen MR) is 120 cm³/mol. The number of nitrogens with one attached hydrogen (secondary N) is 1. The second kappa shape index (κ2) is 10.0. The first-order valence-corrected chi connectivity index (χ1v) is 10.5. The molecule has 6 nitrogen and oxygen atoms in total. The van der Waals surface area contributed by atoms with Gasteiger partial charge in [-0.1, -0.05) is 60.7 Å². The van der Waals surface area contributed by atoms with Crippen LogP contribution in [0, 0.1) is 6.92 Å². The van der Waals surface area contributed by atoms with E-state index in [4.69, 9.17) is 9.47 Å².